The van der Waals surface area contributed by atoms with Crippen molar-refractivity contribution in [3.05, 3.63) is 94.4 Å². The summed E-state index contributed by atoms with van der Waals surface area (Å²) in [4.78, 5) is 64.5. The molecule has 0 bridgehead atoms. The number of carbonyl (C=O) groups is 4. The summed E-state index contributed by atoms with van der Waals surface area (Å²) in [5.74, 6) is -0.941. The SMILES string of the molecule is CC(C)(C)OC(=O)N1/C(=C2\C=Cc3c(nc(Br)n3COCc3ccccc3)C(C)(C)C2=O)C2(CC(=O)N2C(=O)OC(C)(C)C)c2c1cc(Br)c(Br)c2Br. The zero-order chi connectivity index (χ0) is 39.0. The second-order valence-electron chi connectivity index (χ2n) is 15.5. The van der Waals surface area contributed by atoms with E-state index in [1.54, 1.807) is 73.6 Å². The highest BCUT2D eigenvalue weighted by Gasteiger charge is 2.68. The van der Waals surface area contributed by atoms with Crippen molar-refractivity contribution in [3.8, 4) is 0 Å². The number of allylic oxidation sites excluding steroid dienone is 2. The Bertz CT molecular complexity index is 2130. The molecule has 3 amide bonds. The Morgan fingerprint density at radius 1 is 0.887 bits per heavy atom. The second-order valence-corrected chi connectivity index (χ2v) is 18.6. The fraction of sp³-hybridized carbons (Fsp3) is 0.395. The van der Waals surface area contributed by atoms with E-state index in [2.05, 4.69) is 63.7 Å². The molecule has 6 rings (SSSR count). The van der Waals surface area contributed by atoms with Gasteiger partial charge in [0.05, 0.1) is 41.2 Å². The molecule has 280 valence electrons. The molecular formula is C38H38Br4N4O7. The minimum absolute atomic E-state index is 0.0862. The number of fused-ring (bicyclic) bond motifs is 3. The Morgan fingerprint density at radius 2 is 1.51 bits per heavy atom. The number of Topliss-reactive ketones (excluding diaryl/α,β-unsaturated/α-hetero) is 1. The van der Waals surface area contributed by atoms with Gasteiger partial charge in [0.2, 0.25) is 5.91 Å². The van der Waals surface area contributed by atoms with Gasteiger partial charge in [0, 0.05) is 24.6 Å². The average molecular weight is 982 g/mol. The van der Waals surface area contributed by atoms with Crippen LogP contribution in [-0.2, 0) is 48.1 Å². The molecule has 2 aliphatic heterocycles. The first-order valence-corrected chi connectivity index (χ1v) is 19.9. The minimum Gasteiger partial charge on any atom is -0.443 e. The van der Waals surface area contributed by atoms with Crippen LogP contribution < -0.4 is 4.90 Å². The van der Waals surface area contributed by atoms with Crippen LogP contribution in [0.2, 0.25) is 0 Å². The van der Waals surface area contributed by atoms with Crippen LogP contribution in [0.1, 0.15) is 84.3 Å². The van der Waals surface area contributed by atoms with Crippen LogP contribution in [0.15, 0.2) is 71.9 Å². The fourth-order valence-corrected chi connectivity index (χ4v) is 8.97. The predicted octanol–water partition coefficient (Wildman–Crippen LogP) is 10.1. The molecule has 15 heteroatoms. The number of ketones is 1. The highest BCUT2D eigenvalue weighted by atomic mass is 79.9. The number of hydrogen-bond acceptors (Lipinski definition) is 8. The highest BCUT2D eigenvalue weighted by molar-refractivity contribution is 9.14. The number of imidazole rings is 1. The summed E-state index contributed by atoms with van der Waals surface area (Å²) in [6.07, 6.45) is 1.39. The number of amides is 3. The number of benzene rings is 2. The molecule has 3 aromatic rings. The number of ether oxygens (including phenoxy) is 3. The summed E-state index contributed by atoms with van der Waals surface area (Å²) in [5.41, 5.74) is -1.87. The van der Waals surface area contributed by atoms with E-state index in [0.717, 1.165) is 10.5 Å². The molecule has 2 aromatic carbocycles. The molecule has 11 nitrogen and oxygen atoms in total. The van der Waals surface area contributed by atoms with E-state index >= 15 is 4.79 Å². The van der Waals surface area contributed by atoms with Crippen molar-refractivity contribution in [3.63, 3.8) is 0 Å². The summed E-state index contributed by atoms with van der Waals surface area (Å²) in [5, 5.41) is 0. The summed E-state index contributed by atoms with van der Waals surface area (Å²) in [6.45, 7) is 14.3. The van der Waals surface area contributed by atoms with E-state index in [-0.39, 0.29) is 24.4 Å². The monoisotopic (exact) mass is 978 g/mol. The van der Waals surface area contributed by atoms with Crippen LogP contribution in [0.5, 0.6) is 0 Å². The summed E-state index contributed by atoms with van der Waals surface area (Å²) in [6, 6.07) is 11.4. The van der Waals surface area contributed by atoms with E-state index in [9.17, 15) is 14.4 Å². The molecule has 1 fully saturated rings. The van der Waals surface area contributed by atoms with Crippen molar-refractivity contribution in [1.29, 1.82) is 0 Å². The lowest BCUT2D eigenvalue weighted by Crippen LogP contribution is -2.65. The third-order valence-corrected chi connectivity index (χ3v) is 12.9. The van der Waals surface area contributed by atoms with Gasteiger partial charge in [-0.2, -0.15) is 0 Å². The van der Waals surface area contributed by atoms with E-state index in [1.807, 2.05) is 34.9 Å². The number of nitrogens with zero attached hydrogens (tertiary/aromatic N) is 4. The molecule has 1 saturated heterocycles. The average Bonchev–Trinajstić information content (AvgIpc) is 3.48. The van der Waals surface area contributed by atoms with E-state index in [1.165, 1.54) is 4.90 Å². The van der Waals surface area contributed by atoms with Gasteiger partial charge < -0.3 is 14.2 Å². The highest BCUT2D eigenvalue weighted by Crippen LogP contribution is 2.63. The van der Waals surface area contributed by atoms with Gasteiger partial charge >= 0.3 is 12.2 Å². The minimum atomic E-state index is -1.66. The number of halogens is 4. The summed E-state index contributed by atoms with van der Waals surface area (Å²) >= 11 is 14.5. The van der Waals surface area contributed by atoms with Crippen LogP contribution in [0, 0.1) is 0 Å². The number of β-lactam (4-membered cyclic amide) rings is 1. The quantitative estimate of drug-likeness (QED) is 0.144. The number of likely N-dealkylation sites (tertiary alicyclic amines) is 1. The zero-order valence-corrected chi connectivity index (χ0v) is 36.7. The Balaban J connectivity index is 1.61. The van der Waals surface area contributed by atoms with Gasteiger partial charge in [-0.3, -0.25) is 14.2 Å². The molecule has 1 unspecified atom stereocenters. The maximum atomic E-state index is 15.1. The lowest BCUT2D eigenvalue weighted by molar-refractivity contribution is -0.151. The van der Waals surface area contributed by atoms with E-state index in [0.29, 0.717) is 47.4 Å². The molecule has 3 heterocycles. The van der Waals surface area contributed by atoms with Crippen molar-refractivity contribution in [2.75, 3.05) is 4.90 Å². The van der Waals surface area contributed by atoms with Gasteiger partial charge in [0.25, 0.3) is 0 Å². The van der Waals surface area contributed by atoms with E-state index in [4.69, 9.17) is 19.2 Å². The van der Waals surface area contributed by atoms with Crippen LogP contribution in [0.4, 0.5) is 15.3 Å². The van der Waals surface area contributed by atoms with Gasteiger partial charge in [-0.05, 0) is 143 Å². The van der Waals surface area contributed by atoms with Crippen LogP contribution in [0.3, 0.4) is 0 Å². The normalized spacial score (nSPS) is 20.7. The Morgan fingerprint density at radius 3 is 2.11 bits per heavy atom. The molecule has 53 heavy (non-hydrogen) atoms. The van der Waals surface area contributed by atoms with Crippen molar-refractivity contribution >= 4 is 99.4 Å². The number of hydrogen-bond donors (Lipinski definition) is 0. The molecule has 0 N–H and O–H groups in total. The van der Waals surface area contributed by atoms with E-state index < -0.39 is 46.0 Å². The van der Waals surface area contributed by atoms with Crippen molar-refractivity contribution in [2.24, 2.45) is 0 Å². The van der Waals surface area contributed by atoms with Crippen LogP contribution in [-0.4, -0.2) is 49.5 Å². The third kappa shape index (κ3) is 6.89. The number of carbonyl (C=O) groups excluding carboxylic acids is 4. The van der Waals surface area contributed by atoms with Gasteiger partial charge in [-0.15, -0.1) is 0 Å². The van der Waals surface area contributed by atoms with Gasteiger partial charge in [0.15, 0.2) is 10.5 Å². The Kier molecular flexibility index (Phi) is 10.4. The number of rotatable bonds is 4. The smallest absolute Gasteiger partial charge is 0.419 e. The standard InChI is InChI=1S/C38H38Br4N4O7/c1-35(2,3)52-33(49)45-24-16-22(39)27(40)28(41)26(24)38(17-25(47)46(38)34(50)53-36(4,5)6)30(45)21-14-15-23-29(37(7,8)31(21)48)43-32(42)44(23)19-51-18-20-12-10-9-11-13-20/h9-16H,17-19H2,1-8H3/b30-21+. The van der Waals surface area contributed by atoms with Gasteiger partial charge in [-0.25, -0.2) is 24.4 Å². The molecule has 1 spiro atoms. The van der Waals surface area contributed by atoms with Crippen LogP contribution in [0.25, 0.3) is 6.08 Å². The third-order valence-electron chi connectivity index (χ3n) is 8.96. The first kappa shape index (κ1) is 39.6. The topological polar surface area (TPSA) is 120 Å². The molecule has 1 atom stereocenters. The molecule has 3 aliphatic rings. The molecule has 1 aliphatic carbocycles. The predicted molar refractivity (Wildman–Crippen MR) is 213 cm³/mol. The summed E-state index contributed by atoms with van der Waals surface area (Å²) in [7, 11) is 0. The molecule has 0 saturated carbocycles. The number of anilines is 1. The Labute approximate surface area is 341 Å². The Hall–Kier alpha value is -3.11. The maximum Gasteiger partial charge on any atom is 0.419 e. The lowest BCUT2D eigenvalue weighted by Gasteiger charge is -2.50. The largest absolute Gasteiger partial charge is 0.443 e. The number of imide groups is 1. The fourth-order valence-electron chi connectivity index (χ4n) is 6.76. The maximum absolute atomic E-state index is 15.1. The zero-order valence-electron chi connectivity index (χ0n) is 30.4. The van der Waals surface area contributed by atoms with Crippen molar-refractivity contribution in [1.82, 2.24) is 14.5 Å². The molecule has 0 radical (unpaired) electrons. The first-order chi connectivity index (χ1) is 24.6. The first-order valence-electron chi connectivity index (χ1n) is 16.7. The van der Waals surface area contributed by atoms with Crippen molar-refractivity contribution < 1.29 is 33.4 Å². The summed E-state index contributed by atoms with van der Waals surface area (Å²) < 4.78 is 21.7. The molecular weight excluding hydrogens is 944 g/mol. The van der Waals surface area contributed by atoms with Crippen molar-refractivity contribution in [2.45, 2.75) is 97.3 Å². The van der Waals surface area contributed by atoms with Crippen LogP contribution >= 0.6 is 63.7 Å². The second kappa shape index (κ2) is 13.9. The lowest BCUT2D eigenvalue weighted by atomic mass is 9.73. The van der Waals surface area contributed by atoms with Gasteiger partial charge in [0.1, 0.15) is 23.5 Å². The molecule has 1 aromatic heterocycles. The van der Waals surface area contributed by atoms with Gasteiger partial charge in [-0.1, -0.05) is 30.3 Å². The number of aromatic nitrogens is 2.